The highest BCUT2D eigenvalue weighted by atomic mass is 79.9. The molecule has 0 aliphatic rings. The third-order valence-electron chi connectivity index (χ3n) is 3.84. The number of rotatable bonds is 9. The van der Waals surface area contributed by atoms with Gasteiger partial charge in [-0.3, -0.25) is 14.4 Å². The maximum absolute atomic E-state index is 12.3. The van der Waals surface area contributed by atoms with Crippen molar-refractivity contribution in [2.75, 3.05) is 6.54 Å². The molecule has 0 saturated carbocycles. The fourth-order valence-corrected chi connectivity index (χ4v) is 2.54. The van der Waals surface area contributed by atoms with E-state index in [0.29, 0.717) is 0 Å². The molecule has 0 aliphatic heterocycles. The maximum Gasteiger partial charge on any atom is 0.322 e. The predicted molar refractivity (Wildman–Crippen MR) is 91.1 cm³/mol. The molecule has 2 N–H and O–H groups in total. The number of amides is 1. The van der Waals surface area contributed by atoms with E-state index in [-0.39, 0.29) is 30.4 Å². The highest BCUT2D eigenvalue weighted by molar-refractivity contribution is 9.10. The van der Waals surface area contributed by atoms with Crippen molar-refractivity contribution < 1.29 is 19.5 Å². The summed E-state index contributed by atoms with van der Waals surface area (Å²) in [6.07, 6.45) is 1.14. The zero-order valence-corrected chi connectivity index (χ0v) is 14.9. The van der Waals surface area contributed by atoms with E-state index in [1.807, 2.05) is 38.1 Å². The summed E-state index contributed by atoms with van der Waals surface area (Å²) in [5.41, 5.74) is 0.895. The number of nitrogens with one attached hydrogen (secondary N) is 1. The molecule has 0 bridgehead atoms. The van der Waals surface area contributed by atoms with E-state index in [0.717, 1.165) is 16.5 Å². The van der Waals surface area contributed by atoms with E-state index in [2.05, 4.69) is 21.2 Å². The third-order valence-corrected chi connectivity index (χ3v) is 4.37. The summed E-state index contributed by atoms with van der Waals surface area (Å²) in [5.74, 6) is -1.98. The van der Waals surface area contributed by atoms with Crippen LogP contribution in [0, 0.1) is 11.8 Å². The Morgan fingerprint density at radius 1 is 1.22 bits per heavy atom. The largest absolute Gasteiger partial charge is 0.480 e. The molecule has 0 unspecified atom stereocenters. The molecule has 0 heterocycles. The van der Waals surface area contributed by atoms with Crippen LogP contribution in [0.15, 0.2) is 28.7 Å². The van der Waals surface area contributed by atoms with Crippen LogP contribution in [0.2, 0.25) is 0 Å². The van der Waals surface area contributed by atoms with Crippen LogP contribution in [0.1, 0.15) is 32.3 Å². The SMILES string of the molecule is CC[C@H](C)[C@H](CC(=O)Cc1ccc(Br)cc1)C(=O)NCC(=O)O. The third kappa shape index (κ3) is 6.95. The molecule has 5 nitrogen and oxygen atoms in total. The van der Waals surface area contributed by atoms with Gasteiger partial charge in [0.1, 0.15) is 12.3 Å². The summed E-state index contributed by atoms with van der Waals surface area (Å²) in [5, 5.41) is 11.0. The van der Waals surface area contributed by atoms with Crippen LogP contribution >= 0.6 is 15.9 Å². The Morgan fingerprint density at radius 3 is 2.35 bits per heavy atom. The van der Waals surface area contributed by atoms with E-state index in [4.69, 9.17) is 5.11 Å². The number of aliphatic carboxylic acids is 1. The summed E-state index contributed by atoms with van der Waals surface area (Å²) in [7, 11) is 0. The minimum Gasteiger partial charge on any atom is -0.480 e. The quantitative estimate of drug-likeness (QED) is 0.686. The normalized spacial score (nSPS) is 13.2. The molecule has 1 aromatic rings. The van der Waals surface area contributed by atoms with Gasteiger partial charge in [-0.1, -0.05) is 48.3 Å². The van der Waals surface area contributed by atoms with Gasteiger partial charge < -0.3 is 10.4 Å². The summed E-state index contributed by atoms with van der Waals surface area (Å²) in [4.78, 5) is 35.0. The Bertz CT molecular complexity index is 556. The predicted octanol–water partition coefficient (Wildman–Crippen LogP) is 2.81. The number of carbonyl (C=O) groups is 3. The van der Waals surface area contributed by atoms with Gasteiger partial charge in [-0.05, 0) is 23.6 Å². The second-order valence-electron chi connectivity index (χ2n) is 5.65. The molecule has 1 amide bonds. The smallest absolute Gasteiger partial charge is 0.322 e. The van der Waals surface area contributed by atoms with Crippen LogP contribution in [0.25, 0.3) is 0 Å². The minimum atomic E-state index is -1.09. The van der Waals surface area contributed by atoms with Crippen LogP contribution < -0.4 is 5.32 Å². The van der Waals surface area contributed by atoms with Crippen LogP contribution in [0.4, 0.5) is 0 Å². The number of hydrogen-bond acceptors (Lipinski definition) is 3. The Morgan fingerprint density at radius 2 is 1.83 bits per heavy atom. The van der Waals surface area contributed by atoms with E-state index in [9.17, 15) is 14.4 Å². The number of carboxylic acid groups (broad SMARTS) is 1. The molecule has 0 radical (unpaired) electrons. The molecule has 2 atom stereocenters. The van der Waals surface area contributed by atoms with E-state index in [1.165, 1.54) is 0 Å². The number of Topliss-reactive ketones (excluding diaryl/α,β-unsaturated/α-hetero) is 1. The van der Waals surface area contributed by atoms with Crippen molar-refractivity contribution >= 4 is 33.6 Å². The monoisotopic (exact) mass is 383 g/mol. The Hall–Kier alpha value is -1.69. The molecule has 0 fully saturated rings. The van der Waals surface area contributed by atoms with Gasteiger partial charge in [-0.25, -0.2) is 0 Å². The number of benzene rings is 1. The first-order valence-electron chi connectivity index (χ1n) is 7.59. The fraction of sp³-hybridized carbons (Fsp3) is 0.471. The first kappa shape index (κ1) is 19.4. The lowest BCUT2D eigenvalue weighted by Crippen LogP contribution is -2.38. The van der Waals surface area contributed by atoms with Crippen LogP contribution in [0.3, 0.4) is 0 Å². The van der Waals surface area contributed by atoms with Crippen molar-refractivity contribution in [2.45, 2.75) is 33.1 Å². The summed E-state index contributed by atoms with van der Waals surface area (Å²) >= 11 is 3.34. The lowest BCUT2D eigenvalue weighted by atomic mass is 9.85. The van der Waals surface area contributed by atoms with Gasteiger partial charge >= 0.3 is 5.97 Å². The molecular weight excluding hydrogens is 362 g/mol. The van der Waals surface area contributed by atoms with Gasteiger partial charge in [0.2, 0.25) is 5.91 Å². The number of halogens is 1. The second kappa shape index (κ2) is 9.45. The average Bonchev–Trinajstić information content (AvgIpc) is 2.51. The molecule has 23 heavy (non-hydrogen) atoms. The van der Waals surface area contributed by atoms with Gasteiger partial charge in [-0.2, -0.15) is 0 Å². The van der Waals surface area contributed by atoms with Crippen LogP contribution in [0.5, 0.6) is 0 Å². The van der Waals surface area contributed by atoms with Gasteiger partial charge in [0.05, 0.1) is 0 Å². The number of carboxylic acids is 1. The molecule has 126 valence electrons. The summed E-state index contributed by atoms with van der Waals surface area (Å²) in [6, 6.07) is 7.47. The number of hydrogen-bond donors (Lipinski definition) is 2. The Labute approximate surface area is 144 Å². The molecular formula is C17H22BrNO4. The zero-order chi connectivity index (χ0) is 17.4. The molecule has 1 rings (SSSR count). The van der Waals surface area contributed by atoms with E-state index in [1.54, 1.807) is 0 Å². The van der Waals surface area contributed by atoms with Gasteiger partial charge in [0.25, 0.3) is 0 Å². The average molecular weight is 384 g/mol. The molecule has 1 aromatic carbocycles. The highest BCUT2D eigenvalue weighted by Crippen LogP contribution is 2.21. The molecule has 0 spiro atoms. The lowest BCUT2D eigenvalue weighted by molar-refractivity contribution is -0.139. The highest BCUT2D eigenvalue weighted by Gasteiger charge is 2.26. The Balaban J connectivity index is 2.68. The van der Waals surface area contributed by atoms with Crippen molar-refractivity contribution in [1.82, 2.24) is 5.32 Å². The van der Waals surface area contributed by atoms with Crippen molar-refractivity contribution in [3.8, 4) is 0 Å². The van der Waals surface area contributed by atoms with E-state index >= 15 is 0 Å². The van der Waals surface area contributed by atoms with Gasteiger partial charge in [0.15, 0.2) is 0 Å². The van der Waals surface area contributed by atoms with Gasteiger partial charge in [-0.15, -0.1) is 0 Å². The van der Waals surface area contributed by atoms with Crippen LogP contribution in [-0.2, 0) is 20.8 Å². The topological polar surface area (TPSA) is 83.5 Å². The Kier molecular flexibility index (Phi) is 7.95. The molecule has 0 saturated heterocycles. The van der Waals surface area contributed by atoms with Gasteiger partial charge in [0, 0.05) is 23.2 Å². The van der Waals surface area contributed by atoms with E-state index < -0.39 is 18.4 Å². The summed E-state index contributed by atoms with van der Waals surface area (Å²) < 4.78 is 0.944. The lowest BCUT2D eigenvalue weighted by Gasteiger charge is -2.21. The summed E-state index contributed by atoms with van der Waals surface area (Å²) in [6.45, 7) is 3.42. The van der Waals surface area contributed by atoms with Crippen molar-refractivity contribution in [3.63, 3.8) is 0 Å². The second-order valence-corrected chi connectivity index (χ2v) is 6.57. The fourth-order valence-electron chi connectivity index (χ4n) is 2.28. The number of carbonyl (C=O) groups excluding carboxylic acids is 2. The standard InChI is InChI=1S/C17H22BrNO4/c1-3-11(2)15(17(23)19-10-16(21)22)9-14(20)8-12-4-6-13(18)7-5-12/h4-7,11,15H,3,8-10H2,1-2H3,(H,19,23)(H,21,22)/t11-,15-/m0/s1. The minimum absolute atomic E-state index is 0.0117. The van der Waals surface area contributed by atoms with Crippen LogP contribution in [-0.4, -0.2) is 29.3 Å². The molecule has 6 heteroatoms. The maximum atomic E-state index is 12.3. The number of ketones is 1. The first-order chi connectivity index (χ1) is 10.8. The molecule has 0 aliphatic carbocycles. The van der Waals surface area contributed by atoms with Crippen molar-refractivity contribution in [1.29, 1.82) is 0 Å². The first-order valence-corrected chi connectivity index (χ1v) is 8.38. The van der Waals surface area contributed by atoms with Crippen molar-refractivity contribution in [3.05, 3.63) is 34.3 Å². The van der Waals surface area contributed by atoms with Crippen molar-refractivity contribution in [2.24, 2.45) is 11.8 Å². The molecule has 0 aromatic heterocycles. The zero-order valence-electron chi connectivity index (χ0n) is 13.3.